The Bertz CT molecular complexity index is 550. The van der Waals surface area contributed by atoms with Gasteiger partial charge in [0.25, 0.3) is 0 Å². The van der Waals surface area contributed by atoms with E-state index in [4.69, 9.17) is 16.3 Å². The van der Waals surface area contributed by atoms with E-state index in [0.717, 1.165) is 20.7 Å². The number of pyridine rings is 1. The number of rotatable bonds is 4. The molecule has 0 aliphatic heterocycles. The largest absolute Gasteiger partial charge is 0.438 e. The lowest BCUT2D eigenvalue weighted by Crippen LogP contribution is -1.94. The van der Waals surface area contributed by atoms with Crippen molar-refractivity contribution >= 4 is 39.3 Å². The molecule has 0 N–H and O–H groups in total. The van der Waals surface area contributed by atoms with E-state index >= 15 is 0 Å². The molecule has 0 radical (unpaired) electrons. The molecule has 1 aromatic heterocycles. The maximum atomic E-state index is 5.90. The van der Waals surface area contributed by atoms with Crippen molar-refractivity contribution in [3.05, 3.63) is 46.6 Å². The number of thioether (sulfide) groups is 1. The summed E-state index contributed by atoms with van der Waals surface area (Å²) in [5.74, 6) is 1.71. The Labute approximate surface area is 124 Å². The third-order valence-electron chi connectivity index (χ3n) is 2.31. The summed E-state index contributed by atoms with van der Waals surface area (Å²) in [5.41, 5.74) is 0.863. The molecule has 2 aromatic rings. The molecule has 0 saturated carbocycles. The zero-order valence-corrected chi connectivity index (χ0v) is 12.8. The zero-order chi connectivity index (χ0) is 13.0. The molecular weight excluding hydrogens is 334 g/mol. The topological polar surface area (TPSA) is 22.1 Å². The fraction of sp³-hybridized carbons (Fsp3) is 0.154. The Kier molecular flexibility index (Phi) is 4.92. The maximum Gasteiger partial charge on any atom is 0.223 e. The van der Waals surface area contributed by atoms with Crippen LogP contribution in [0, 0.1) is 0 Å². The highest BCUT2D eigenvalue weighted by atomic mass is 79.9. The number of nitrogens with zero attached hydrogens (tertiary/aromatic N) is 1. The van der Waals surface area contributed by atoms with Gasteiger partial charge < -0.3 is 4.74 Å². The van der Waals surface area contributed by atoms with Crippen molar-refractivity contribution in [1.29, 1.82) is 0 Å². The van der Waals surface area contributed by atoms with Crippen molar-refractivity contribution in [2.45, 2.75) is 10.8 Å². The lowest BCUT2D eigenvalue weighted by atomic mass is 10.3. The molecule has 0 fully saturated rings. The number of halogens is 2. The van der Waals surface area contributed by atoms with Crippen LogP contribution < -0.4 is 4.74 Å². The van der Waals surface area contributed by atoms with Gasteiger partial charge in [0, 0.05) is 21.1 Å². The standard InChI is InChI=1S/C13H11BrClNOS/c1-18-12-5-3-2-4-11(12)17-13-9(7-15)6-10(14)8-16-13/h2-6,8H,7H2,1H3. The molecule has 18 heavy (non-hydrogen) atoms. The average Bonchev–Trinajstić information content (AvgIpc) is 2.41. The van der Waals surface area contributed by atoms with E-state index in [-0.39, 0.29) is 0 Å². The van der Waals surface area contributed by atoms with Crippen LogP contribution in [0.1, 0.15) is 5.56 Å². The van der Waals surface area contributed by atoms with E-state index in [0.29, 0.717) is 11.8 Å². The molecule has 2 nitrogen and oxygen atoms in total. The van der Waals surface area contributed by atoms with E-state index < -0.39 is 0 Å². The first-order valence-corrected chi connectivity index (χ1v) is 7.81. The molecule has 0 atom stereocenters. The highest BCUT2D eigenvalue weighted by Gasteiger charge is 2.09. The van der Waals surface area contributed by atoms with E-state index in [1.807, 2.05) is 36.6 Å². The first-order valence-electron chi connectivity index (χ1n) is 5.26. The second kappa shape index (κ2) is 6.45. The van der Waals surface area contributed by atoms with Crippen LogP contribution in [0.25, 0.3) is 0 Å². The summed E-state index contributed by atoms with van der Waals surface area (Å²) >= 11 is 10.9. The molecule has 0 bridgehead atoms. The van der Waals surface area contributed by atoms with Crippen molar-refractivity contribution in [2.75, 3.05) is 6.26 Å². The molecule has 0 unspecified atom stereocenters. The van der Waals surface area contributed by atoms with E-state index in [1.54, 1.807) is 18.0 Å². The Morgan fingerprint density at radius 3 is 2.89 bits per heavy atom. The van der Waals surface area contributed by atoms with Crippen LogP contribution >= 0.6 is 39.3 Å². The number of ether oxygens (including phenoxy) is 1. The second-order valence-corrected chi connectivity index (χ2v) is 5.54. The van der Waals surface area contributed by atoms with Crippen molar-refractivity contribution in [3.63, 3.8) is 0 Å². The lowest BCUT2D eigenvalue weighted by molar-refractivity contribution is 0.447. The molecule has 1 heterocycles. The Morgan fingerprint density at radius 1 is 1.39 bits per heavy atom. The number of benzene rings is 1. The predicted octanol–water partition coefficient (Wildman–Crippen LogP) is 5.10. The fourth-order valence-corrected chi connectivity index (χ4v) is 2.56. The first kappa shape index (κ1) is 13.7. The molecule has 0 saturated heterocycles. The molecule has 2 rings (SSSR count). The molecule has 0 aliphatic carbocycles. The minimum absolute atomic E-state index is 0.364. The summed E-state index contributed by atoms with van der Waals surface area (Å²) in [6.07, 6.45) is 3.72. The van der Waals surface area contributed by atoms with Crippen LogP contribution in [-0.4, -0.2) is 11.2 Å². The van der Waals surface area contributed by atoms with Gasteiger partial charge in [0.05, 0.1) is 5.88 Å². The van der Waals surface area contributed by atoms with Crippen LogP contribution in [0.5, 0.6) is 11.6 Å². The third kappa shape index (κ3) is 3.19. The highest BCUT2D eigenvalue weighted by molar-refractivity contribution is 9.10. The Morgan fingerprint density at radius 2 is 2.17 bits per heavy atom. The summed E-state index contributed by atoms with van der Waals surface area (Å²) in [5, 5.41) is 0. The molecule has 0 spiro atoms. The van der Waals surface area contributed by atoms with Gasteiger partial charge in [0.15, 0.2) is 0 Å². The maximum absolute atomic E-state index is 5.90. The third-order valence-corrected chi connectivity index (χ3v) is 3.81. The smallest absolute Gasteiger partial charge is 0.223 e. The molecule has 94 valence electrons. The summed E-state index contributed by atoms with van der Waals surface area (Å²) in [7, 11) is 0. The minimum Gasteiger partial charge on any atom is -0.438 e. The van der Waals surface area contributed by atoms with Gasteiger partial charge in [-0.05, 0) is 40.4 Å². The second-order valence-electron chi connectivity index (χ2n) is 3.50. The number of para-hydroxylation sites is 1. The van der Waals surface area contributed by atoms with Crippen molar-refractivity contribution in [1.82, 2.24) is 4.98 Å². The fourth-order valence-electron chi connectivity index (χ4n) is 1.46. The van der Waals surface area contributed by atoms with Crippen LogP contribution in [-0.2, 0) is 5.88 Å². The van der Waals surface area contributed by atoms with Gasteiger partial charge in [0.2, 0.25) is 5.88 Å². The highest BCUT2D eigenvalue weighted by Crippen LogP contribution is 2.32. The van der Waals surface area contributed by atoms with Crippen LogP contribution in [0.3, 0.4) is 0 Å². The lowest BCUT2D eigenvalue weighted by Gasteiger charge is -2.11. The van der Waals surface area contributed by atoms with Gasteiger partial charge in [-0.15, -0.1) is 23.4 Å². The quantitative estimate of drug-likeness (QED) is 0.569. The van der Waals surface area contributed by atoms with Gasteiger partial charge in [-0.2, -0.15) is 0 Å². The first-order chi connectivity index (χ1) is 8.74. The number of aromatic nitrogens is 1. The zero-order valence-electron chi connectivity index (χ0n) is 9.69. The number of alkyl halides is 1. The van der Waals surface area contributed by atoms with Gasteiger partial charge >= 0.3 is 0 Å². The van der Waals surface area contributed by atoms with Crippen LogP contribution in [0.2, 0.25) is 0 Å². The van der Waals surface area contributed by atoms with Crippen LogP contribution in [0.15, 0.2) is 45.9 Å². The molecule has 0 amide bonds. The SMILES string of the molecule is CSc1ccccc1Oc1ncc(Br)cc1CCl. The summed E-state index contributed by atoms with van der Waals surface area (Å²) < 4.78 is 6.73. The Hall–Kier alpha value is -0.710. The van der Waals surface area contributed by atoms with Crippen molar-refractivity contribution < 1.29 is 4.74 Å². The van der Waals surface area contributed by atoms with E-state index in [1.165, 1.54) is 0 Å². The average molecular weight is 345 g/mol. The van der Waals surface area contributed by atoms with Crippen molar-refractivity contribution in [2.24, 2.45) is 0 Å². The molecule has 5 heteroatoms. The minimum atomic E-state index is 0.364. The summed E-state index contributed by atoms with van der Waals surface area (Å²) in [6.45, 7) is 0. The summed E-state index contributed by atoms with van der Waals surface area (Å²) in [4.78, 5) is 5.33. The molecule has 0 aliphatic rings. The molecule has 1 aromatic carbocycles. The monoisotopic (exact) mass is 343 g/mol. The number of hydrogen-bond donors (Lipinski definition) is 0. The van der Waals surface area contributed by atoms with Gasteiger partial charge in [-0.1, -0.05) is 12.1 Å². The number of hydrogen-bond acceptors (Lipinski definition) is 3. The summed E-state index contributed by atoms with van der Waals surface area (Å²) in [6, 6.07) is 9.77. The van der Waals surface area contributed by atoms with E-state index in [9.17, 15) is 0 Å². The van der Waals surface area contributed by atoms with E-state index in [2.05, 4.69) is 20.9 Å². The van der Waals surface area contributed by atoms with Gasteiger partial charge in [-0.3, -0.25) is 0 Å². The van der Waals surface area contributed by atoms with Gasteiger partial charge in [-0.25, -0.2) is 4.98 Å². The van der Waals surface area contributed by atoms with Crippen molar-refractivity contribution in [3.8, 4) is 11.6 Å². The Balaban J connectivity index is 2.33. The normalized spacial score (nSPS) is 10.4. The van der Waals surface area contributed by atoms with Gasteiger partial charge in [0.1, 0.15) is 5.75 Å². The molecular formula is C13H11BrClNOS. The van der Waals surface area contributed by atoms with Crippen LogP contribution in [0.4, 0.5) is 0 Å². The predicted molar refractivity (Wildman–Crippen MR) is 79.8 cm³/mol.